The van der Waals surface area contributed by atoms with E-state index in [1.54, 1.807) is 12.1 Å². The number of nitrogens with two attached hydrogens (primary N) is 1. The number of rotatable bonds is 7. The number of para-hydroxylation sites is 1. The fourth-order valence-corrected chi connectivity index (χ4v) is 1.72. The Kier molecular flexibility index (Phi) is 6.38. The maximum Gasteiger partial charge on any atom is 0.251 e. The van der Waals surface area contributed by atoms with E-state index in [1.807, 2.05) is 19.1 Å². The molecule has 0 saturated heterocycles. The number of amides is 1. The average molecular weight is 271 g/mol. The molecule has 0 spiro atoms. The van der Waals surface area contributed by atoms with Crippen molar-refractivity contribution >= 4 is 11.6 Å². The summed E-state index contributed by atoms with van der Waals surface area (Å²) in [5, 5.41) is 2.71. The summed E-state index contributed by atoms with van der Waals surface area (Å²) >= 11 is 0. The van der Waals surface area contributed by atoms with Crippen LogP contribution in [0, 0.1) is 6.92 Å². The van der Waals surface area contributed by atoms with E-state index in [4.69, 9.17) is 5.73 Å². The Morgan fingerprint density at radius 3 is 2.68 bits per heavy atom. The van der Waals surface area contributed by atoms with E-state index in [9.17, 15) is 13.6 Å². The Morgan fingerprint density at radius 2 is 2.11 bits per heavy atom. The van der Waals surface area contributed by atoms with Gasteiger partial charge in [0.25, 0.3) is 6.43 Å². The average Bonchev–Trinajstić information content (AvgIpc) is 2.31. The minimum Gasteiger partial charge on any atom is -0.329 e. The second-order valence-electron chi connectivity index (χ2n) is 4.28. The molecular weight excluding hydrogens is 252 g/mol. The van der Waals surface area contributed by atoms with Crippen molar-refractivity contribution in [2.24, 2.45) is 5.73 Å². The van der Waals surface area contributed by atoms with Crippen molar-refractivity contribution in [3.8, 4) is 0 Å². The highest BCUT2D eigenvalue weighted by Crippen LogP contribution is 2.13. The molecule has 1 amide bonds. The van der Waals surface area contributed by atoms with Crippen molar-refractivity contribution < 1.29 is 13.6 Å². The van der Waals surface area contributed by atoms with Crippen LogP contribution in [0.2, 0.25) is 0 Å². The molecule has 0 aliphatic heterocycles. The van der Waals surface area contributed by atoms with Crippen molar-refractivity contribution in [1.29, 1.82) is 0 Å². The van der Waals surface area contributed by atoms with Gasteiger partial charge >= 0.3 is 0 Å². The molecule has 6 heteroatoms. The topological polar surface area (TPSA) is 58.4 Å². The highest BCUT2D eigenvalue weighted by molar-refractivity contribution is 5.92. The van der Waals surface area contributed by atoms with Crippen LogP contribution in [-0.4, -0.2) is 43.4 Å². The van der Waals surface area contributed by atoms with Crippen LogP contribution in [0.5, 0.6) is 0 Å². The van der Waals surface area contributed by atoms with E-state index in [-0.39, 0.29) is 25.5 Å². The SMILES string of the molecule is Cc1ccccc1NC(=O)CN(CCN)CC(F)F. The molecule has 0 saturated carbocycles. The van der Waals surface area contributed by atoms with Crippen molar-refractivity contribution in [3.05, 3.63) is 29.8 Å². The van der Waals surface area contributed by atoms with Crippen LogP contribution in [0.4, 0.5) is 14.5 Å². The summed E-state index contributed by atoms with van der Waals surface area (Å²) in [7, 11) is 0. The molecule has 1 aromatic carbocycles. The first-order valence-electron chi connectivity index (χ1n) is 6.09. The van der Waals surface area contributed by atoms with E-state index >= 15 is 0 Å². The number of alkyl halides is 2. The third kappa shape index (κ3) is 5.76. The number of nitrogens with zero attached hydrogens (tertiary/aromatic N) is 1. The number of benzene rings is 1. The summed E-state index contributed by atoms with van der Waals surface area (Å²) in [6.07, 6.45) is -2.47. The molecule has 0 aliphatic rings. The molecular formula is C13H19F2N3O. The predicted molar refractivity (Wildman–Crippen MR) is 71.3 cm³/mol. The number of halogens is 2. The van der Waals surface area contributed by atoms with Gasteiger partial charge in [0.1, 0.15) is 0 Å². The monoisotopic (exact) mass is 271 g/mol. The van der Waals surface area contributed by atoms with E-state index in [2.05, 4.69) is 5.32 Å². The molecule has 0 aliphatic carbocycles. The summed E-state index contributed by atoms with van der Waals surface area (Å²) < 4.78 is 24.7. The van der Waals surface area contributed by atoms with Gasteiger partial charge in [0, 0.05) is 18.8 Å². The molecule has 0 unspecified atom stereocenters. The molecule has 1 aromatic rings. The fraction of sp³-hybridized carbons (Fsp3) is 0.462. The summed E-state index contributed by atoms with van der Waals surface area (Å²) in [6.45, 7) is 1.84. The number of hydrogen-bond donors (Lipinski definition) is 2. The van der Waals surface area contributed by atoms with Crippen molar-refractivity contribution in [3.63, 3.8) is 0 Å². The van der Waals surface area contributed by atoms with Crippen LogP contribution in [0.3, 0.4) is 0 Å². The lowest BCUT2D eigenvalue weighted by Crippen LogP contribution is -2.39. The molecule has 3 N–H and O–H groups in total. The lowest BCUT2D eigenvalue weighted by molar-refractivity contribution is -0.117. The molecule has 0 atom stereocenters. The zero-order valence-electron chi connectivity index (χ0n) is 10.9. The maximum atomic E-state index is 12.3. The summed E-state index contributed by atoms with van der Waals surface area (Å²) in [6, 6.07) is 7.31. The molecule has 0 aromatic heterocycles. The highest BCUT2D eigenvalue weighted by Gasteiger charge is 2.15. The Bertz CT molecular complexity index is 413. The Hall–Kier alpha value is -1.53. The number of carbonyl (C=O) groups is 1. The number of carbonyl (C=O) groups excluding carboxylic acids is 1. The summed E-state index contributed by atoms with van der Waals surface area (Å²) in [5.41, 5.74) is 6.96. The van der Waals surface area contributed by atoms with Crippen molar-refractivity contribution in [1.82, 2.24) is 4.90 Å². The quantitative estimate of drug-likeness (QED) is 0.789. The first-order chi connectivity index (χ1) is 9.02. The number of aryl methyl sites for hydroxylation is 1. The number of anilines is 1. The van der Waals surface area contributed by atoms with Gasteiger partial charge in [-0.2, -0.15) is 0 Å². The zero-order chi connectivity index (χ0) is 14.3. The first kappa shape index (κ1) is 15.5. The van der Waals surface area contributed by atoms with Gasteiger partial charge < -0.3 is 11.1 Å². The molecule has 0 fully saturated rings. The number of nitrogens with one attached hydrogen (secondary N) is 1. The van der Waals surface area contributed by atoms with Gasteiger partial charge in [0.15, 0.2) is 0 Å². The predicted octanol–water partition coefficient (Wildman–Crippen LogP) is 1.46. The van der Waals surface area contributed by atoms with Gasteiger partial charge in [0.05, 0.1) is 13.1 Å². The Labute approximate surface area is 111 Å². The smallest absolute Gasteiger partial charge is 0.251 e. The minimum absolute atomic E-state index is 0.0874. The van der Waals surface area contributed by atoms with Crippen LogP contribution in [-0.2, 0) is 4.79 Å². The largest absolute Gasteiger partial charge is 0.329 e. The van der Waals surface area contributed by atoms with Gasteiger partial charge in [-0.25, -0.2) is 8.78 Å². The second kappa shape index (κ2) is 7.81. The minimum atomic E-state index is -2.47. The van der Waals surface area contributed by atoms with Crippen LogP contribution in [0.25, 0.3) is 0 Å². The van der Waals surface area contributed by atoms with Gasteiger partial charge in [-0.15, -0.1) is 0 Å². The normalized spacial score (nSPS) is 11.1. The van der Waals surface area contributed by atoms with Gasteiger partial charge in [-0.05, 0) is 18.6 Å². The van der Waals surface area contributed by atoms with E-state index < -0.39 is 13.0 Å². The van der Waals surface area contributed by atoms with Crippen LogP contribution in [0.1, 0.15) is 5.56 Å². The third-order valence-electron chi connectivity index (χ3n) is 2.63. The van der Waals surface area contributed by atoms with Crippen LogP contribution in [0.15, 0.2) is 24.3 Å². The fourth-order valence-electron chi connectivity index (χ4n) is 1.72. The molecule has 0 heterocycles. The number of hydrogen-bond acceptors (Lipinski definition) is 3. The lowest BCUT2D eigenvalue weighted by atomic mass is 10.2. The molecule has 19 heavy (non-hydrogen) atoms. The van der Waals surface area contributed by atoms with E-state index in [0.717, 1.165) is 5.56 Å². The van der Waals surface area contributed by atoms with Crippen LogP contribution < -0.4 is 11.1 Å². The lowest BCUT2D eigenvalue weighted by Gasteiger charge is -2.20. The zero-order valence-corrected chi connectivity index (χ0v) is 10.9. The summed E-state index contributed by atoms with van der Waals surface area (Å²) in [4.78, 5) is 13.1. The second-order valence-corrected chi connectivity index (χ2v) is 4.28. The molecule has 106 valence electrons. The van der Waals surface area contributed by atoms with Crippen molar-refractivity contribution in [2.75, 3.05) is 31.5 Å². The van der Waals surface area contributed by atoms with Crippen LogP contribution >= 0.6 is 0 Å². The van der Waals surface area contributed by atoms with Gasteiger partial charge in [0.2, 0.25) is 5.91 Å². The first-order valence-corrected chi connectivity index (χ1v) is 6.09. The Balaban J connectivity index is 2.55. The van der Waals surface area contributed by atoms with E-state index in [0.29, 0.717) is 5.69 Å². The van der Waals surface area contributed by atoms with Gasteiger partial charge in [-0.3, -0.25) is 9.69 Å². The molecule has 4 nitrogen and oxygen atoms in total. The molecule has 0 radical (unpaired) electrons. The molecule has 1 rings (SSSR count). The summed E-state index contributed by atoms with van der Waals surface area (Å²) in [5.74, 6) is -0.316. The standard InChI is InChI=1S/C13H19F2N3O/c1-10-4-2-3-5-11(10)17-13(19)9-18(7-6-16)8-12(14)15/h2-5,12H,6-9,16H2,1H3,(H,17,19). The van der Waals surface area contributed by atoms with Gasteiger partial charge in [-0.1, -0.05) is 18.2 Å². The van der Waals surface area contributed by atoms with E-state index in [1.165, 1.54) is 4.90 Å². The Morgan fingerprint density at radius 1 is 1.42 bits per heavy atom. The third-order valence-corrected chi connectivity index (χ3v) is 2.63. The molecule has 0 bridgehead atoms. The highest BCUT2D eigenvalue weighted by atomic mass is 19.3. The van der Waals surface area contributed by atoms with Crippen molar-refractivity contribution in [2.45, 2.75) is 13.3 Å². The maximum absolute atomic E-state index is 12.3.